The van der Waals surface area contributed by atoms with E-state index in [1.807, 2.05) is 38.1 Å². The molecule has 2 rings (SSSR count). The van der Waals surface area contributed by atoms with Crippen molar-refractivity contribution in [1.82, 2.24) is 0 Å². The second-order valence-electron chi connectivity index (χ2n) is 4.60. The van der Waals surface area contributed by atoms with E-state index in [9.17, 15) is 4.79 Å². The number of benzene rings is 2. The van der Waals surface area contributed by atoms with Crippen LogP contribution in [0.4, 0.5) is 5.69 Å². The third-order valence-electron chi connectivity index (χ3n) is 3.11. The maximum Gasteiger partial charge on any atom is 0.255 e. The first-order chi connectivity index (χ1) is 9.51. The summed E-state index contributed by atoms with van der Waals surface area (Å²) in [6, 6.07) is 11.4. The summed E-state index contributed by atoms with van der Waals surface area (Å²) in [6.07, 6.45) is 0. The SMILES string of the molecule is COc1cc(C(=O)Nc2ccc(I)cc2C)ccc1C. The molecule has 0 spiro atoms. The zero-order valence-corrected chi connectivity index (χ0v) is 13.8. The highest BCUT2D eigenvalue weighted by molar-refractivity contribution is 14.1. The molecule has 0 radical (unpaired) electrons. The third-order valence-corrected chi connectivity index (χ3v) is 3.78. The molecule has 0 aliphatic heterocycles. The first kappa shape index (κ1) is 14.8. The van der Waals surface area contributed by atoms with E-state index < -0.39 is 0 Å². The Kier molecular flexibility index (Phi) is 4.65. The number of rotatable bonds is 3. The number of halogens is 1. The maximum atomic E-state index is 12.3. The molecule has 0 heterocycles. The summed E-state index contributed by atoms with van der Waals surface area (Å²) in [5.41, 5.74) is 3.47. The zero-order chi connectivity index (χ0) is 14.7. The summed E-state index contributed by atoms with van der Waals surface area (Å²) in [7, 11) is 1.60. The molecule has 1 amide bonds. The highest BCUT2D eigenvalue weighted by Crippen LogP contribution is 2.21. The standard InChI is InChI=1S/C16H16INO2/c1-10-4-5-12(9-15(10)20-3)16(19)18-14-7-6-13(17)8-11(14)2/h4-9H,1-3H3,(H,18,19). The number of carbonyl (C=O) groups is 1. The normalized spacial score (nSPS) is 10.2. The average Bonchev–Trinajstić information content (AvgIpc) is 2.42. The molecule has 20 heavy (non-hydrogen) atoms. The van der Waals surface area contributed by atoms with Gasteiger partial charge in [-0.1, -0.05) is 6.07 Å². The summed E-state index contributed by atoms with van der Waals surface area (Å²) in [6.45, 7) is 3.93. The molecule has 0 aliphatic rings. The first-order valence-corrected chi connectivity index (χ1v) is 7.31. The lowest BCUT2D eigenvalue weighted by atomic mass is 10.1. The molecule has 3 nitrogen and oxygen atoms in total. The number of nitrogens with one attached hydrogen (secondary N) is 1. The number of amides is 1. The van der Waals surface area contributed by atoms with Crippen molar-refractivity contribution in [3.05, 3.63) is 56.7 Å². The van der Waals surface area contributed by atoms with E-state index in [0.717, 1.165) is 26.1 Å². The lowest BCUT2D eigenvalue weighted by Crippen LogP contribution is -2.13. The molecule has 0 aromatic heterocycles. The fourth-order valence-corrected chi connectivity index (χ4v) is 2.57. The molecular weight excluding hydrogens is 365 g/mol. The van der Waals surface area contributed by atoms with Crippen LogP contribution in [-0.2, 0) is 0 Å². The number of hydrogen-bond donors (Lipinski definition) is 1. The molecule has 2 aromatic carbocycles. The van der Waals surface area contributed by atoms with Crippen molar-refractivity contribution in [2.75, 3.05) is 12.4 Å². The van der Waals surface area contributed by atoms with Crippen LogP contribution < -0.4 is 10.1 Å². The van der Waals surface area contributed by atoms with Gasteiger partial charge in [0.1, 0.15) is 5.75 Å². The Morgan fingerprint density at radius 2 is 1.85 bits per heavy atom. The van der Waals surface area contributed by atoms with Crippen LogP contribution in [0.3, 0.4) is 0 Å². The molecule has 1 N–H and O–H groups in total. The van der Waals surface area contributed by atoms with Crippen LogP contribution in [0.5, 0.6) is 5.75 Å². The summed E-state index contributed by atoms with van der Waals surface area (Å²) in [5, 5.41) is 2.93. The van der Waals surface area contributed by atoms with Gasteiger partial charge in [-0.2, -0.15) is 0 Å². The van der Waals surface area contributed by atoms with Crippen LogP contribution in [-0.4, -0.2) is 13.0 Å². The van der Waals surface area contributed by atoms with Gasteiger partial charge in [0.15, 0.2) is 0 Å². The number of methoxy groups -OCH3 is 1. The van der Waals surface area contributed by atoms with Gasteiger partial charge in [-0.3, -0.25) is 4.79 Å². The van der Waals surface area contributed by atoms with Crippen LogP contribution in [0.25, 0.3) is 0 Å². The van der Waals surface area contributed by atoms with Gasteiger partial charge < -0.3 is 10.1 Å². The van der Waals surface area contributed by atoms with E-state index in [0.29, 0.717) is 5.56 Å². The number of aryl methyl sites for hydroxylation is 2. The Labute approximate surface area is 132 Å². The minimum Gasteiger partial charge on any atom is -0.496 e. The van der Waals surface area contributed by atoms with Gasteiger partial charge in [0.05, 0.1) is 7.11 Å². The summed E-state index contributed by atoms with van der Waals surface area (Å²) in [5.74, 6) is 0.588. The van der Waals surface area contributed by atoms with Gasteiger partial charge in [0, 0.05) is 14.8 Å². The van der Waals surface area contributed by atoms with Crippen molar-refractivity contribution in [3.8, 4) is 5.75 Å². The highest BCUT2D eigenvalue weighted by atomic mass is 127. The molecule has 0 atom stereocenters. The molecule has 0 aliphatic carbocycles. The van der Waals surface area contributed by atoms with E-state index >= 15 is 0 Å². The summed E-state index contributed by atoms with van der Waals surface area (Å²) >= 11 is 2.25. The fraction of sp³-hybridized carbons (Fsp3) is 0.188. The molecule has 0 fully saturated rings. The van der Waals surface area contributed by atoms with Gasteiger partial charge in [0.2, 0.25) is 0 Å². The van der Waals surface area contributed by atoms with Gasteiger partial charge in [-0.15, -0.1) is 0 Å². The molecule has 0 saturated carbocycles. The topological polar surface area (TPSA) is 38.3 Å². The lowest BCUT2D eigenvalue weighted by Gasteiger charge is -2.10. The Morgan fingerprint density at radius 3 is 2.50 bits per heavy atom. The number of carbonyl (C=O) groups excluding carboxylic acids is 1. The second-order valence-corrected chi connectivity index (χ2v) is 5.84. The van der Waals surface area contributed by atoms with Gasteiger partial charge in [-0.05, 0) is 77.9 Å². The largest absolute Gasteiger partial charge is 0.496 e. The third kappa shape index (κ3) is 3.30. The quantitative estimate of drug-likeness (QED) is 0.811. The van der Waals surface area contributed by atoms with E-state index in [2.05, 4.69) is 27.9 Å². The van der Waals surface area contributed by atoms with Crippen LogP contribution in [0.15, 0.2) is 36.4 Å². The number of hydrogen-bond acceptors (Lipinski definition) is 2. The van der Waals surface area contributed by atoms with Crippen LogP contribution in [0.2, 0.25) is 0 Å². The maximum absolute atomic E-state index is 12.3. The van der Waals surface area contributed by atoms with Crippen LogP contribution in [0.1, 0.15) is 21.5 Å². The predicted octanol–water partition coefficient (Wildman–Crippen LogP) is 4.17. The smallest absolute Gasteiger partial charge is 0.255 e. The van der Waals surface area contributed by atoms with Crippen molar-refractivity contribution in [2.24, 2.45) is 0 Å². The van der Waals surface area contributed by atoms with E-state index in [4.69, 9.17) is 4.74 Å². The summed E-state index contributed by atoms with van der Waals surface area (Å²) in [4.78, 5) is 12.3. The first-order valence-electron chi connectivity index (χ1n) is 6.23. The fourth-order valence-electron chi connectivity index (χ4n) is 1.92. The minimum absolute atomic E-state index is 0.132. The monoisotopic (exact) mass is 381 g/mol. The lowest BCUT2D eigenvalue weighted by molar-refractivity contribution is 0.102. The van der Waals surface area contributed by atoms with Gasteiger partial charge in [0.25, 0.3) is 5.91 Å². The van der Waals surface area contributed by atoms with E-state index in [-0.39, 0.29) is 5.91 Å². The molecule has 0 saturated heterocycles. The Hall–Kier alpha value is -1.56. The Bertz CT molecular complexity index is 653. The molecular formula is C16H16INO2. The zero-order valence-electron chi connectivity index (χ0n) is 11.7. The van der Waals surface area contributed by atoms with E-state index in [1.54, 1.807) is 19.2 Å². The number of anilines is 1. The minimum atomic E-state index is -0.132. The number of ether oxygens (including phenoxy) is 1. The van der Waals surface area contributed by atoms with Crippen molar-refractivity contribution >= 4 is 34.2 Å². The Morgan fingerprint density at radius 1 is 1.10 bits per heavy atom. The van der Waals surface area contributed by atoms with Crippen LogP contribution >= 0.6 is 22.6 Å². The predicted molar refractivity (Wildman–Crippen MR) is 89.6 cm³/mol. The van der Waals surface area contributed by atoms with Gasteiger partial charge >= 0.3 is 0 Å². The van der Waals surface area contributed by atoms with Crippen molar-refractivity contribution in [1.29, 1.82) is 0 Å². The highest BCUT2D eigenvalue weighted by Gasteiger charge is 2.10. The average molecular weight is 381 g/mol. The molecule has 2 aromatic rings. The molecule has 4 heteroatoms. The van der Waals surface area contributed by atoms with Gasteiger partial charge in [-0.25, -0.2) is 0 Å². The van der Waals surface area contributed by atoms with Crippen molar-refractivity contribution in [3.63, 3.8) is 0 Å². The second kappa shape index (κ2) is 6.26. The molecule has 0 bridgehead atoms. The molecule has 0 unspecified atom stereocenters. The summed E-state index contributed by atoms with van der Waals surface area (Å²) < 4.78 is 6.39. The van der Waals surface area contributed by atoms with Crippen molar-refractivity contribution < 1.29 is 9.53 Å². The van der Waals surface area contributed by atoms with E-state index in [1.165, 1.54) is 0 Å². The molecule has 104 valence electrons. The van der Waals surface area contributed by atoms with Crippen LogP contribution in [0, 0.1) is 17.4 Å². The van der Waals surface area contributed by atoms with Crippen molar-refractivity contribution in [2.45, 2.75) is 13.8 Å². The Balaban J connectivity index is 2.24.